The lowest BCUT2D eigenvalue weighted by atomic mass is 10.00. The Morgan fingerprint density at radius 3 is 2.90 bits per heavy atom. The number of β-amino-alcohol motifs (C(OH)–C–C–N with tert-alkyl or cyclic N) is 1. The van der Waals surface area contributed by atoms with E-state index < -0.39 is 5.60 Å². The van der Waals surface area contributed by atoms with Crippen LogP contribution < -0.4 is 0 Å². The van der Waals surface area contributed by atoms with E-state index in [1.807, 2.05) is 33.0 Å². The van der Waals surface area contributed by atoms with Gasteiger partial charge in [0.15, 0.2) is 5.76 Å². The number of rotatable bonds is 4. The number of aliphatic hydroxyl groups is 1. The Kier molecular flexibility index (Phi) is 3.54. The molecule has 1 N–H and O–H groups in total. The summed E-state index contributed by atoms with van der Waals surface area (Å²) in [7, 11) is 0. The van der Waals surface area contributed by atoms with E-state index in [9.17, 15) is 5.11 Å². The number of aryl methyl sites for hydroxylation is 1. The van der Waals surface area contributed by atoms with Gasteiger partial charge in [0.1, 0.15) is 11.3 Å². The molecule has 0 spiro atoms. The van der Waals surface area contributed by atoms with E-state index in [0.717, 1.165) is 18.0 Å². The first kappa shape index (κ1) is 14.2. The summed E-state index contributed by atoms with van der Waals surface area (Å²) in [5, 5.41) is 22.9. The van der Waals surface area contributed by atoms with Crippen LogP contribution >= 0.6 is 0 Å². The number of hydrogen-bond acceptors (Lipinski definition) is 6. The van der Waals surface area contributed by atoms with E-state index in [-0.39, 0.29) is 6.04 Å². The molecule has 114 valence electrons. The van der Waals surface area contributed by atoms with Gasteiger partial charge in [-0.05, 0) is 27.2 Å². The quantitative estimate of drug-likeness (QED) is 0.913. The Bertz CT molecular complexity index is 620. The maximum absolute atomic E-state index is 10.8. The van der Waals surface area contributed by atoms with E-state index >= 15 is 0 Å². The number of hydrogen-bond donors (Lipinski definition) is 1. The Balaban J connectivity index is 1.69. The fourth-order valence-electron chi connectivity index (χ4n) is 2.67. The number of aromatic nitrogens is 4. The molecule has 2 aromatic rings. The van der Waals surface area contributed by atoms with Crippen LogP contribution in [0.4, 0.5) is 0 Å². The van der Waals surface area contributed by atoms with Crippen molar-refractivity contribution >= 4 is 0 Å². The first-order valence-corrected chi connectivity index (χ1v) is 7.25. The Labute approximate surface area is 123 Å². The number of likely N-dealkylation sites (tertiary alicyclic amines) is 1. The van der Waals surface area contributed by atoms with E-state index in [1.54, 1.807) is 4.68 Å². The average Bonchev–Trinajstić information content (AvgIpc) is 3.11. The Morgan fingerprint density at radius 2 is 2.29 bits per heavy atom. The van der Waals surface area contributed by atoms with Gasteiger partial charge in [-0.1, -0.05) is 10.4 Å². The minimum atomic E-state index is -0.928. The summed E-state index contributed by atoms with van der Waals surface area (Å²) >= 11 is 0. The van der Waals surface area contributed by atoms with Crippen LogP contribution in [0.2, 0.25) is 0 Å². The Morgan fingerprint density at radius 1 is 1.48 bits per heavy atom. The zero-order valence-electron chi connectivity index (χ0n) is 12.7. The first-order valence-electron chi connectivity index (χ1n) is 7.25. The van der Waals surface area contributed by atoms with Crippen molar-refractivity contribution < 1.29 is 9.63 Å². The zero-order chi connectivity index (χ0) is 15.0. The van der Waals surface area contributed by atoms with Crippen molar-refractivity contribution in [2.75, 3.05) is 13.1 Å². The molecular weight excluding hydrogens is 270 g/mol. The van der Waals surface area contributed by atoms with Crippen LogP contribution in [0.15, 0.2) is 16.8 Å². The summed E-state index contributed by atoms with van der Waals surface area (Å²) in [4.78, 5) is 2.15. The molecule has 1 atom stereocenters. The van der Waals surface area contributed by atoms with Gasteiger partial charge in [-0.2, -0.15) is 0 Å². The van der Waals surface area contributed by atoms with Gasteiger partial charge in [0, 0.05) is 25.2 Å². The molecule has 2 aromatic heterocycles. The Hall–Kier alpha value is -1.73. The third kappa shape index (κ3) is 2.84. The van der Waals surface area contributed by atoms with E-state index in [0.29, 0.717) is 25.2 Å². The summed E-state index contributed by atoms with van der Waals surface area (Å²) in [5.41, 5.74) is 0.592. The highest BCUT2D eigenvalue weighted by Gasteiger charge is 2.40. The van der Waals surface area contributed by atoms with Crippen LogP contribution in [-0.4, -0.2) is 43.2 Å². The monoisotopic (exact) mass is 291 g/mol. The van der Waals surface area contributed by atoms with Gasteiger partial charge in [-0.25, -0.2) is 4.68 Å². The van der Waals surface area contributed by atoms with Crippen LogP contribution in [0.25, 0.3) is 0 Å². The lowest BCUT2D eigenvalue weighted by Crippen LogP contribution is -2.31. The second-order valence-electron chi connectivity index (χ2n) is 6.10. The van der Waals surface area contributed by atoms with Crippen molar-refractivity contribution in [1.29, 1.82) is 0 Å². The first-order chi connectivity index (χ1) is 9.96. The van der Waals surface area contributed by atoms with Crippen LogP contribution in [0.3, 0.4) is 0 Å². The molecular formula is C14H21N5O2. The molecule has 0 bridgehead atoms. The molecule has 1 fully saturated rings. The summed E-state index contributed by atoms with van der Waals surface area (Å²) in [5.74, 6) is 0.822. The SMILES string of the molecule is Cc1cc(CN2CC[C@](O)(c3cn(C(C)C)nn3)C2)on1. The van der Waals surface area contributed by atoms with Gasteiger partial charge in [0.05, 0.1) is 18.4 Å². The van der Waals surface area contributed by atoms with Crippen molar-refractivity contribution in [3.8, 4) is 0 Å². The minimum Gasteiger partial charge on any atom is -0.382 e. The molecule has 0 amide bonds. The molecule has 1 saturated heterocycles. The van der Waals surface area contributed by atoms with Crippen molar-refractivity contribution in [2.45, 2.75) is 45.4 Å². The maximum Gasteiger partial charge on any atom is 0.150 e. The normalized spacial score (nSPS) is 23.3. The smallest absolute Gasteiger partial charge is 0.150 e. The van der Waals surface area contributed by atoms with Gasteiger partial charge in [-0.3, -0.25) is 4.90 Å². The van der Waals surface area contributed by atoms with Crippen molar-refractivity contribution in [2.24, 2.45) is 0 Å². The molecule has 0 radical (unpaired) electrons. The molecule has 21 heavy (non-hydrogen) atoms. The standard InChI is InChI=1S/C14H21N5O2/c1-10(2)19-8-13(15-17-19)14(20)4-5-18(9-14)7-12-6-11(3)16-21-12/h6,8,10,20H,4-5,7,9H2,1-3H3/t14-/m1/s1. The fourth-order valence-corrected chi connectivity index (χ4v) is 2.67. The summed E-state index contributed by atoms with van der Waals surface area (Å²) in [6.45, 7) is 7.96. The molecule has 3 rings (SSSR count). The van der Waals surface area contributed by atoms with Gasteiger partial charge >= 0.3 is 0 Å². The highest BCUT2D eigenvalue weighted by atomic mass is 16.5. The van der Waals surface area contributed by atoms with Gasteiger partial charge < -0.3 is 9.63 Å². The maximum atomic E-state index is 10.8. The van der Waals surface area contributed by atoms with E-state index in [4.69, 9.17) is 4.52 Å². The zero-order valence-corrected chi connectivity index (χ0v) is 12.7. The molecule has 7 heteroatoms. The van der Waals surface area contributed by atoms with Crippen molar-refractivity contribution in [1.82, 2.24) is 25.1 Å². The van der Waals surface area contributed by atoms with Crippen molar-refractivity contribution in [3.05, 3.63) is 29.4 Å². The largest absolute Gasteiger partial charge is 0.382 e. The van der Waals surface area contributed by atoms with Gasteiger partial charge in [0.2, 0.25) is 0 Å². The molecule has 7 nitrogen and oxygen atoms in total. The molecule has 0 unspecified atom stereocenters. The predicted molar refractivity (Wildman–Crippen MR) is 75.4 cm³/mol. The minimum absolute atomic E-state index is 0.240. The van der Waals surface area contributed by atoms with Crippen molar-refractivity contribution in [3.63, 3.8) is 0 Å². The summed E-state index contributed by atoms with van der Waals surface area (Å²) < 4.78 is 7.00. The van der Waals surface area contributed by atoms with Crippen LogP contribution in [0, 0.1) is 6.92 Å². The molecule has 1 aliphatic heterocycles. The third-order valence-corrected chi connectivity index (χ3v) is 3.90. The summed E-state index contributed by atoms with van der Waals surface area (Å²) in [6.07, 6.45) is 2.49. The molecule has 1 aliphatic rings. The highest BCUT2D eigenvalue weighted by molar-refractivity contribution is 5.12. The van der Waals surface area contributed by atoms with E-state index in [1.165, 1.54) is 0 Å². The predicted octanol–water partition coefficient (Wildman–Crippen LogP) is 1.25. The fraction of sp³-hybridized carbons (Fsp3) is 0.643. The number of nitrogens with zero attached hydrogens (tertiary/aromatic N) is 5. The van der Waals surface area contributed by atoms with E-state index in [2.05, 4.69) is 20.4 Å². The summed E-state index contributed by atoms with van der Waals surface area (Å²) in [6, 6.07) is 2.16. The molecule has 0 aromatic carbocycles. The van der Waals surface area contributed by atoms with Crippen LogP contribution in [-0.2, 0) is 12.1 Å². The van der Waals surface area contributed by atoms with Gasteiger partial charge in [-0.15, -0.1) is 5.10 Å². The second-order valence-corrected chi connectivity index (χ2v) is 6.10. The molecule has 3 heterocycles. The van der Waals surface area contributed by atoms with Gasteiger partial charge in [0.25, 0.3) is 0 Å². The van der Waals surface area contributed by atoms with Crippen LogP contribution in [0.5, 0.6) is 0 Å². The third-order valence-electron chi connectivity index (χ3n) is 3.90. The molecule has 0 saturated carbocycles. The lowest BCUT2D eigenvalue weighted by Gasteiger charge is -2.20. The highest BCUT2D eigenvalue weighted by Crippen LogP contribution is 2.31. The molecule has 0 aliphatic carbocycles. The van der Waals surface area contributed by atoms with Crippen LogP contribution in [0.1, 0.15) is 43.5 Å². The topological polar surface area (TPSA) is 80.2 Å². The second kappa shape index (κ2) is 5.23. The average molecular weight is 291 g/mol. The lowest BCUT2D eigenvalue weighted by molar-refractivity contribution is 0.0399.